The number of esters is 1. The van der Waals surface area contributed by atoms with Gasteiger partial charge >= 0.3 is 12.0 Å². The van der Waals surface area contributed by atoms with Crippen LogP contribution in [-0.4, -0.2) is 12.0 Å². The predicted molar refractivity (Wildman–Crippen MR) is 124 cm³/mol. The van der Waals surface area contributed by atoms with E-state index in [0.29, 0.717) is 13.0 Å². The van der Waals surface area contributed by atoms with Crippen LogP contribution in [0.2, 0.25) is 6.04 Å². The molecular weight excluding hydrogens is 431 g/mol. The van der Waals surface area contributed by atoms with Crippen molar-refractivity contribution in [1.29, 1.82) is 0 Å². The molecule has 1 rings (SSSR count). The van der Waals surface area contributed by atoms with Gasteiger partial charge < -0.3 is 4.74 Å². The van der Waals surface area contributed by atoms with Crippen LogP contribution in [0.3, 0.4) is 0 Å². The number of rotatable bonds is 17. The fourth-order valence-corrected chi connectivity index (χ4v) is 5.03. The number of unbranched alkanes of at least 4 members (excludes halogenated alkanes) is 11. The van der Waals surface area contributed by atoms with Gasteiger partial charge in [0.15, 0.2) is 0 Å². The number of halogens is 3. The van der Waals surface area contributed by atoms with E-state index >= 15 is 0 Å². The molecular formula is C22H35Cl3O2Si. The van der Waals surface area contributed by atoms with Crippen LogP contribution >= 0.6 is 33.2 Å². The Bertz CT molecular complexity index is 506. The fraction of sp³-hybridized carbons (Fsp3) is 0.682. The molecule has 0 atom stereocenters. The maximum absolute atomic E-state index is 11.7. The molecule has 1 aromatic carbocycles. The van der Waals surface area contributed by atoms with Gasteiger partial charge in [0.1, 0.15) is 6.61 Å². The van der Waals surface area contributed by atoms with Crippen molar-refractivity contribution in [3.05, 3.63) is 35.9 Å². The molecule has 0 aliphatic rings. The molecule has 1 aromatic rings. The highest BCUT2D eigenvalue weighted by atomic mass is 35.8. The van der Waals surface area contributed by atoms with Gasteiger partial charge in [0, 0.05) is 6.42 Å². The summed E-state index contributed by atoms with van der Waals surface area (Å²) in [5.41, 5.74) is 1.04. The van der Waals surface area contributed by atoms with Crippen molar-refractivity contribution in [2.75, 3.05) is 0 Å². The number of benzene rings is 1. The number of carbonyl (C=O) groups is 1. The second kappa shape index (κ2) is 16.6. The quantitative estimate of drug-likeness (QED) is 0.0997. The van der Waals surface area contributed by atoms with Crippen molar-refractivity contribution < 1.29 is 9.53 Å². The normalized spacial score (nSPS) is 11.5. The Morgan fingerprint density at radius 2 is 1.18 bits per heavy atom. The van der Waals surface area contributed by atoms with Crippen molar-refractivity contribution in [3.63, 3.8) is 0 Å². The molecule has 0 saturated carbocycles. The smallest absolute Gasteiger partial charge is 0.341 e. The highest BCUT2D eigenvalue weighted by molar-refractivity contribution is 7.64. The van der Waals surface area contributed by atoms with Crippen LogP contribution in [0.5, 0.6) is 0 Å². The molecule has 0 N–H and O–H groups in total. The molecule has 0 fully saturated rings. The third-order valence-electron chi connectivity index (χ3n) is 4.83. The summed E-state index contributed by atoms with van der Waals surface area (Å²) >= 11 is 17.6. The van der Waals surface area contributed by atoms with E-state index in [1.807, 2.05) is 30.3 Å². The number of hydrogen-bond donors (Lipinski definition) is 0. The van der Waals surface area contributed by atoms with Crippen molar-refractivity contribution >= 4 is 45.2 Å². The Morgan fingerprint density at radius 3 is 1.68 bits per heavy atom. The van der Waals surface area contributed by atoms with Crippen LogP contribution in [0.25, 0.3) is 0 Å². The monoisotopic (exact) mass is 464 g/mol. The van der Waals surface area contributed by atoms with E-state index in [-0.39, 0.29) is 5.97 Å². The highest BCUT2D eigenvalue weighted by Gasteiger charge is 2.23. The zero-order valence-electron chi connectivity index (χ0n) is 16.9. The Balaban J connectivity index is 1.79. The zero-order valence-corrected chi connectivity index (χ0v) is 20.2. The van der Waals surface area contributed by atoms with Crippen LogP contribution in [0.1, 0.15) is 89.0 Å². The third kappa shape index (κ3) is 16.7. The number of carbonyl (C=O) groups excluding carboxylic acids is 1. The second-order valence-corrected chi connectivity index (χ2v) is 16.8. The van der Waals surface area contributed by atoms with Crippen LogP contribution in [0, 0.1) is 0 Å². The van der Waals surface area contributed by atoms with Crippen LogP contribution in [-0.2, 0) is 16.1 Å². The van der Waals surface area contributed by atoms with Gasteiger partial charge in [-0.25, -0.2) is 0 Å². The van der Waals surface area contributed by atoms with Crippen molar-refractivity contribution in [2.24, 2.45) is 0 Å². The Kier molecular flexibility index (Phi) is 15.3. The summed E-state index contributed by atoms with van der Waals surface area (Å²) in [7, 11) is 0. The lowest BCUT2D eigenvalue weighted by molar-refractivity contribution is -0.145. The minimum Gasteiger partial charge on any atom is -0.461 e. The van der Waals surface area contributed by atoms with Crippen LogP contribution < -0.4 is 0 Å². The molecule has 0 aliphatic carbocycles. The van der Waals surface area contributed by atoms with Crippen LogP contribution in [0.4, 0.5) is 0 Å². The predicted octanol–water partition coefficient (Wildman–Crippen LogP) is 8.46. The largest absolute Gasteiger partial charge is 0.461 e. The van der Waals surface area contributed by atoms with Gasteiger partial charge in [-0.2, -0.15) is 0 Å². The molecule has 0 bridgehead atoms. The average molecular weight is 466 g/mol. The molecule has 0 amide bonds. The summed E-state index contributed by atoms with van der Waals surface area (Å²) in [6.07, 6.45) is 15.1. The zero-order chi connectivity index (χ0) is 20.5. The molecule has 0 unspecified atom stereocenters. The SMILES string of the molecule is O=C(CCCCCCCCCCCCCC[Si](Cl)(Cl)Cl)OCc1ccccc1. The minimum atomic E-state index is -2.39. The van der Waals surface area contributed by atoms with Crippen molar-refractivity contribution in [3.8, 4) is 0 Å². The molecule has 0 aromatic heterocycles. The molecule has 0 aliphatic heterocycles. The summed E-state index contributed by atoms with van der Waals surface area (Å²) in [6, 6.07) is 8.23. The van der Waals surface area contributed by atoms with E-state index < -0.39 is 6.00 Å². The van der Waals surface area contributed by atoms with E-state index in [9.17, 15) is 4.79 Å². The molecule has 160 valence electrons. The summed E-state index contributed by atoms with van der Waals surface area (Å²) in [5.74, 6) is -0.0833. The molecule has 0 spiro atoms. The molecule has 0 radical (unpaired) electrons. The van der Waals surface area contributed by atoms with Gasteiger partial charge in [0.25, 0.3) is 0 Å². The van der Waals surface area contributed by atoms with Crippen molar-refractivity contribution in [2.45, 2.75) is 96.1 Å². The summed E-state index contributed by atoms with van der Waals surface area (Å²) in [6.45, 7) is 0.383. The Hall–Kier alpha value is -0.223. The van der Waals surface area contributed by atoms with Gasteiger partial charge in [0.2, 0.25) is 0 Å². The molecule has 6 heteroatoms. The van der Waals surface area contributed by atoms with E-state index in [1.54, 1.807) is 0 Å². The maximum atomic E-state index is 11.7. The number of ether oxygens (including phenoxy) is 1. The van der Waals surface area contributed by atoms with Crippen LogP contribution in [0.15, 0.2) is 30.3 Å². The molecule has 28 heavy (non-hydrogen) atoms. The van der Waals surface area contributed by atoms with Crippen molar-refractivity contribution in [1.82, 2.24) is 0 Å². The van der Waals surface area contributed by atoms with Gasteiger partial charge in [-0.05, 0) is 18.0 Å². The van der Waals surface area contributed by atoms with E-state index in [0.717, 1.165) is 30.9 Å². The van der Waals surface area contributed by atoms with E-state index in [1.165, 1.54) is 57.8 Å². The first kappa shape index (κ1) is 25.8. The first-order valence-electron chi connectivity index (χ1n) is 10.7. The van der Waals surface area contributed by atoms with E-state index in [2.05, 4.69) is 0 Å². The lowest BCUT2D eigenvalue weighted by atomic mass is 10.0. The first-order valence-corrected chi connectivity index (χ1v) is 16.0. The Labute approximate surface area is 186 Å². The summed E-state index contributed by atoms with van der Waals surface area (Å²) < 4.78 is 5.30. The highest BCUT2D eigenvalue weighted by Crippen LogP contribution is 2.27. The lowest BCUT2D eigenvalue weighted by Crippen LogP contribution is -2.07. The molecule has 2 nitrogen and oxygen atoms in total. The second-order valence-electron chi connectivity index (χ2n) is 7.50. The molecule has 0 heterocycles. The Morgan fingerprint density at radius 1 is 0.714 bits per heavy atom. The average Bonchev–Trinajstić information content (AvgIpc) is 2.66. The molecule has 0 saturated heterocycles. The summed E-state index contributed by atoms with van der Waals surface area (Å²) in [4.78, 5) is 11.7. The lowest BCUT2D eigenvalue weighted by Gasteiger charge is -2.07. The number of hydrogen-bond acceptors (Lipinski definition) is 2. The minimum absolute atomic E-state index is 0.0833. The first-order chi connectivity index (χ1) is 13.5. The van der Waals surface area contributed by atoms with Gasteiger partial charge in [-0.15, -0.1) is 33.2 Å². The fourth-order valence-electron chi connectivity index (χ4n) is 3.17. The topological polar surface area (TPSA) is 26.3 Å². The standard InChI is InChI=1S/C22H35Cl3O2Si/c23-28(24,25)19-15-10-8-6-4-2-1-3-5-7-9-14-18-22(26)27-20-21-16-12-11-13-17-21/h11-13,16-17H,1-10,14-15,18-20H2. The van der Waals surface area contributed by atoms with Gasteiger partial charge in [0.05, 0.1) is 0 Å². The van der Waals surface area contributed by atoms with Gasteiger partial charge in [-0.1, -0.05) is 101 Å². The van der Waals surface area contributed by atoms with E-state index in [4.69, 9.17) is 38.0 Å². The van der Waals surface area contributed by atoms with Gasteiger partial charge in [-0.3, -0.25) is 4.79 Å². The third-order valence-corrected chi connectivity index (χ3v) is 7.46. The maximum Gasteiger partial charge on any atom is 0.341 e. The summed E-state index contributed by atoms with van der Waals surface area (Å²) in [5, 5.41) is 0.